The van der Waals surface area contributed by atoms with E-state index in [1.54, 1.807) is 19.9 Å². The molecule has 1 aliphatic heterocycles. The van der Waals surface area contributed by atoms with E-state index in [9.17, 15) is 23.1 Å². The fraction of sp³-hybridized carbons (Fsp3) is 0.650. The Morgan fingerprint density at radius 3 is 2.42 bits per heavy atom. The summed E-state index contributed by atoms with van der Waals surface area (Å²) in [6.07, 6.45) is -1.48. The second-order valence-electron chi connectivity index (χ2n) is 8.17. The van der Waals surface area contributed by atoms with E-state index in [0.717, 1.165) is 18.9 Å². The predicted octanol–water partition coefficient (Wildman–Crippen LogP) is 3.96. The molecule has 1 aromatic rings. The summed E-state index contributed by atoms with van der Waals surface area (Å²) in [5, 5.41) is 9.79. The van der Waals surface area contributed by atoms with Gasteiger partial charge in [-0.2, -0.15) is 13.2 Å². The summed E-state index contributed by atoms with van der Waals surface area (Å²) in [5.74, 6) is 0.141. The first-order valence-corrected chi connectivity index (χ1v) is 9.24. The normalized spacial score (nSPS) is 27.3. The minimum atomic E-state index is -4.33. The lowest BCUT2D eigenvalue weighted by atomic mass is 9.71. The number of halogens is 3. The van der Waals surface area contributed by atoms with Gasteiger partial charge in [0.05, 0.1) is 11.2 Å². The van der Waals surface area contributed by atoms with E-state index in [-0.39, 0.29) is 17.7 Å². The zero-order valence-corrected chi connectivity index (χ0v) is 15.3. The van der Waals surface area contributed by atoms with Crippen molar-refractivity contribution in [3.05, 3.63) is 34.9 Å². The quantitative estimate of drug-likeness (QED) is 0.876. The van der Waals surface area contributed by atoms with E-state index in [1.807, 2.05) is 4.90 Å². The van der Waals surface area contributed by atoms with Crippen LogP contribution in [0.5, 0.6) is 0 Å². The Labute approximate surface area is 152 Å². The van der Waals surface area contributed by atoms with Crippen molar-refractivity contribution >= 4 is 5.91 Å². The van der Waals surface area contributed by atoms with Crippen LogP contribution in [-0.4, -0.2) is 34.6 Å². The summed E-state index contributed by atoms with van der Waals surface area (Å²) in [7, 11) is 0. The molecule has 3 nitrogen and oxygen atoms in total. The van der Waals surface area contributed by atoms with Gasteiger partial charge in [0.25, 0.3) is 0 Å². The Bertz CT molecular complexity index is 668. The molecule has 0 unspecified atom stereocenters. The predicted molar refractivity (Wildman–Crippen MR) is 92.5 cm³/mol. The molecule has 1 aromatic carbocycles. The molecule has 144 valence electrons. The zero-order chi connectivity index (χ0) is 19.1. The maximum Gasteiger partial charge on any atom is 0.416 e. The van der Waals surface area contributed by atoms with Gasteiger partial charge in [-0.3, -0.25) is 4.79 Å². The Balaban J connectivity index is 1.59. The molecule has 1 amide bonds. The van der Waals surface area contributed by atoms with Crippen molar-refractivity contribution in [1.29, 1.82) is 0 Å². The molecule has 6 heteroatoms. The number of likely N-dealkylation sites (tertiary alicyclic amines) is 1. The largest absolute Gasteiger partial charge is 0.416 e. The van der Waals surface area contributed by atoms with E-state index >= 15 is 0 Å². The first-order valence-electron chi connectivity index (χ1n) is 9.24. The van der Waals surface area contributed by atoms with Crippen LogP contribution in [0.25, 0.3) is 0 Å². The van der Waals surface area contributed by atoms with Crippen LogP contribution in [-0.2, 0) is 17.4 Å². The molecule has 0 atom stereocenters. The van der Waals surface area contributed by atoms with E-state index in [2.05, 4.69) is 0 Å². The van der Waals surface area contributed by atoms with Gasteiger partial charge in [-0.15, -0.1) is 0 Å². The van der Waals surface area contributed by atoms with Crippen molar-refractivity contribution in [3.8, 4) is 0 Å². The first kappa shape index (κ1) is 19.2. The van der Waals surface area contributed by atoms with Gasteiger partial charge in [-0.05, 0) is 69.1 Å². The number of nitrogens with zero attached hydrogens (tertiary/aromatic N) is 1. The molecule has 1 heterocycles. The van der Waals surface area contributed by atoms with Crippen molar-refractivity contribution in [2.75, 3.05) is 13.1 Å². The number of hydrogen-bond donors (Lipinski definition) is 1. The van der Waals surface area contributed by atoms with Crippen molar-refractivity contribution in [3.63, 3.8) is 0 Å². The van der Waals surface area contributed by atoms with Gasteiger partial charge in [-0.25, -0.2) is 0 Å². The van der Waals surface area contributed by atoms with Crippen molar-refractivity contribution in [2.45, 2.75) is 57.7 Å². The third kappa shape index (κ3) is 4.05. The van der Waals surface area contributed by atoms with Crippen LogP contribution in [0, 0.1) is 18.8 Å². The van der Waals surface area contributed by atoms with Gasteiger partial charge >= 0.3 is 6.18 Å². The molecule has 2 fully saturated rings. The highest BCUT2D eigenvalue weighted by molar-refractivity contribution is 5.80. The minimum Gasteiger partial charge on any atom is -0.390 e. The van der Waals surface area contributed by atoms with Crippen LogP contribution in [0.15, 0.2) is 18.2 Å². The summed E-state index contributed by atoms with van der Waals surface area (Å²) in [4.78, 5) is 14.3. The molecule has 1 saturated heterocycles. The highest BCUT2D eigenvalue weighted by Gasteiger charge is 2.44. The molecule has 1 aliphatic carbocycles. The van der Waals surface area contributed by atoms with Gasteiger partial charge in [0.2, 0.25) is 5.91 Å². The second kappa shape index (κ2) is 6.87. The van der Waals surface area contributed by atoms with Crippen LogP contribution >= 0.6 is 0 Å². The van der Waals surface area contributed by atoms with E-state index in [4.69, 9.17) is 0 Å². The lowest BCUT2D eigenvalue weighted by Crippen LogP contribution is -2.51. The molecule has 1 saturated carbocycles. The van der Waals surface area contributed by atoms with Crippen LogP contribution in [0.3, 0.4) is 0 Å². The zero-order valence-electron chi connectivity index (χ0n) is 15.3. The number of carbonyl (C=O) groups excluding carboxylic acids is 1. The number of aryl methyl sites for hydroxylation is 1. The highest BCUT2D eigenvalue weighted by Crippen LogP contribution is 2.39. The molecule has 2 aliphatic rings. The Morgan fingerprint density at radius 1 is 1.27 bits per heavy atom. The van der Waals surface area contributed by atoms with E-state index in [1.165, 1.54) is 6.07 Å². The topological polar surface area (TPSA) is 40.5 Å². The number of benzene rings is 1. The van der Waals surface area contributed by atoms with Crippen molar-refractivity contribution < 1.29 is 23.1 Å². The molecule has 26 heavy (non-hydrogen) atoms. The number of piperidine rings is 1. The van der Waals surface area contributed by atoms with Gasteiger partial charge in [0.15, 0.2) is 0 Å². The fourth-order valence-corrected chi connectivity index (χ4v) is 4.32. The fourth-order valence-electron chi connectivity index (χ4n) is 4.32. The highest BCUT2D eigenvalue weighted by atomic mass is 19.4. The lowest BCUT2D eigenvalue weighted by molar-refractivity contribution is -0.151. The summed E-state index contributed by atoms with van der Waals surface area (Å²) in [6.45, 7) is 4.65. The van der Waals surface area contributed by atoms with Crippen LogP contribution in [0.1, 0.15) is 49.3 Å². The van der Waals surface area contributed by atoms with Crippen LogP contribution in [0.2, 0.25) is 0 Å². The standard InChI is InChI=1S/C20H26F3NO2/c1-13-4-3-5-17(20(21,22)23)16(13)10-14-6-8-24(9-7-14)18(25)15-11-19(2,26)12-15/h3-5,14-15,26H,6-12H2,1-2H3/t15-,19+. The Morgan fingerprint density at radius 2 is 1.88 bits per heavy atom. The summed E-state index contributed by atoms with van der Waals surface area (Å²) in [5.41, 5.74) is -0.195. The van der Waals surface area contributed by atoms with Gasteiger partial charge in [0.1, 0.15) is 0 Å². The number of aliphatic hydroxyl groups is 1. The summed E-state index contributed by atoms with van der Waals surface area (Å²) in [6, 6.07) is 4.34. The van der Waals surface area contributed by atoms with Gasteiger partial charge in [0, 0.05) is 19.0 Å². The summed E-state index contributed by atoms with van der Waals surface area (Å²) < 4.78 is 39.8. The van der Waals surface area contributed by atoms with Crippen LogP contribution < -0.4 is 0 Å². The molecule has 1 N–H and O–H groups in total. The third-order valence-corrected chi connectivity index (χ3v) is 5.86. The Hall–Kier alpha value is -1.56. The number of amides is 1. The maximum atomic E-state index is 13.3. The second-order valence-corrected chi connectivity index (χ2v) is 8.17. The van der Waals surface area contributed by atoms with Gasteiger partial charge in [-0.1, -0.05) is 12.1 Å². The minimum absolute atomic E-state index is 0.0850. The molecule has 0 aromatic heterocycles. The van der Waals surface area contributed by atoms with Crippen LogP contribution in [0.4, 0.5) is 13.2 Å². The average Bonchev–Trinajstić information content (AvgIpc) is 2.53. The maximum absolute atomic E-state index is 13.3. The van der Waals surface area contributed by atoms with Gasteiger partial charge < -0.3 is 10.0 Å². The van der Waals surface area contributed by atoms with E-state index < -0.39 is 17.3 Å². The van der Waals surface area contributed by atoms with Crippen molar-refractivity contribution in [1.82, 2.24) is 4.90 Å². The third-order valence-electron chi connectivity index (χ3n) is 5.86. The molecule has 3 rings (SSSR count). The van der Waals surface area contributed by atoms with Crippen molar-refractivity contribution in [2.24, 2.45) is 11.8 Å². The number of carbonyl (C=O) groups is 1. The molecule has 0 bridgehead atoms. The molecule has 0 spiro atoms. The molecule has 0 radical (unpaired) electrons. The molecular weight excluding hydrogens is 343 g/mol. The number of rotatable bonds is 3. The SMILES string of the molecule is Cc1cccc(C(F)(F)F)c1CC1CCN(C(=O)[C@H]2C[C@@](C)(O)C2)CC1. The van der Waals surface area contributed by atoms with E-state index in [0.29, 0.717) is 43.5 Å². The monoisotopic (exact) mass is 369 g/mol. The smallest absolute Gasteiger partial charge is 0.390 e. The lowest BCUT2D eigenvalue weighted by Gasteiger charge is -2.43. The average molecular weight is 369 g/mol. The first-order chi connectivity index (χ1) is 12.1. The number of alkyl halides is 3. The Kier molecular flexibility index (Phi) is 5.08. The summed E-state index contributed by atoms with van der Waals surface area (Å²) >= 11 is 0. The molecular formula is C20H26F3NO2. The number of hydrogen-bond acceptors (Lipinski definition) is 2.